The van der Waals surface area contributed by atoms with Gasteiger partial charge in [-0.2, -0.15) is 0 Å². The van der Waals surface area contributed by atoms with Gasteiger partial charge in [-0.05, 0) is 17.7 Å². The molecule has 5 nitrogen and oxygen atoms in total. The summed E-state index contributed by atoms with van der Waals surface area (Å²) >= 11 is 0. The van der Waals surface area contributed by atoms with Crippen LogP contribution in [0.25, 0.3) is 6.08 Å². The first-order valence-electron chi connectivity index (χ1n) is 6.15. The Kier molecular flexibility index (Phi) is 8.74. The van der Waals surface area contributed by atoms with Gasteiger partial charge < -0.3 is 16.4 Å². The molecular weight excluding hydrogens is 242 g/mol. The molecule has 0 aliphatic carbocycles. The van der Waals surface area contributed by atoms with Crippen LogP contribution in [0.3, 0.4) is 0 Å². The van der Waals surface area contributed by atoms with E-state index >= 15 is 0 Å². The van der Waals surface area contributed by atoms with E-state index in [1.807, 2.05) is 26.0 Å². The topological polar surface area (TPSA) is 84.2 Å². The fraction of sp³-hybridized carbons (Fsp3) is 0.286. The van der Waals surface area contributed by atoms with Crippen molar-refractivity contribution in [2.45, 2.75) is 13.8 Å². The van der Waals surface area contributed by atoms with E-state index in [1.54, 1.807) is 18.2 Å². The van der Waals surface area contributed by atoms with Crippen LogP contribution in [0, 0.1) is 0 Å². The molecule has 0 aliphatic heterocycles. The van der Waals surface area contributed by atoms with E-state index in [0.717, 1.165) is 5.56 Å². The largest absolute Gasteiger partial charge is 0.346 e. The summed E-state index contributed by atoms with van der Waals surface area (Å²) in [6.07, 6.45) is 1.72. The Morgan fingerprint density at radius 3 is 2.32 bits per heavy atom. The number of anilines is 1. The van der Waals surface area contributed by atoms with Crippen LogP contribution in [0.5, 0.6) is 0 Å². The number of rotatable bonds is 5. The first kappa shape index (κ1) is 16.9. The van der Waals surface area contributed by atoms with Crippen LogP contribution in [-0.4, -0.2) is 24.9 Å². The van der Waals surface area contributed by atoms with E-state index in [0.29, 0.717) is 5.69 Å². The van der Waals surface area contributed by atoms with Gasteiger partial charge in [0.1, 0.15) is 0 Å². The molecule has 5 heteroatoms. The van der Waals surface area contributed by atoms with Crippen molar-refractivity contribution in [1.29, 1.82) is 0 Å². The average Bonchev–Trinajstić information content (AvgIpc) is 2.47. The molecule has 0 saturated heterocycles. The van der Waals surface area contributed by atoms with E-state index in [-0.39, 0.29) is 27.8 Å². The highest BCUT2D eigenvalue weighted by Gasteiger charge is 2.03. The molecule has 0 aliphatic rings. The van der Waals surface area contributed by atoms with Crippen LogP contribution >= 0.6 is 0 Å². The zero-order chi connectivity index (χ0) is 14.7. The monoisotopic (exact) mass is 267 g/mol. The van der Waals surface area contributed by atoms with Crippen molar-refractivity contribution in [3.8, 4) is 0 Å². The molecule has 1 aromatic carbocycles. The minimum atomic E-state index is -0.359. The molecule has 0 fully saturated rings. The lowest BCUT2D eigenvalue weighted by molar-refractivity contribution is -0.123. The third-order valence-corrected chi connectivity index (χ3v) is 2.06. The van der Waals surface area contributed by atoms with Crippen molar-refractivity contribution in [2.75, 3.05) is 18.4 Å². The maximum absolute atomic E-state index is 11.4. The Labute approximate surface area is 116 Å². The molecule has 0 atom stereocenters. The van der Waals surface area contributed by atoms with E-state index in [2.05, 4.69) is 17.2 Å². The zero-order valence-corrected chi connectivity index (χ0v) is 11.4. The van der Waals surface area contributed by atoms with Crippen molar-refractivity contribution in [3.05, 3.63) is 36.4 Å². The molecule has 1 aromatic rings. The second kappa shape index (κ2) is 9.85. The Bertz CT molecular complexity index is 423. The fourth-order valence-electron chi connectivity index (χ4n) is 1.16. The quantitative estimate of drug-likeness (QED) is 0.761. The first-order chi connectivity index (χ1) is 9.15. The second-order valence-electron chi connectivity index (χ2n) is 3.36. The normalized spacial score (nSPS) is 8.79. The summed E-state index contributed by atoms with van der Waals surface area (Å²) in [5, 5.41) is 5.03. The number of hydrogen-bond donors (Lipinski definition) is 3. The molecule has 2 amide bonds. The first-order valence-corrected chi connectivity index (χ1v) is 6.15. The van der Waals surface area contributed by atoms with Gasteiger partial charge in [0, 0.05) is 8.54 Å². The van der Waals surface area contributed by atoms with Gasteiger partial charge in [-0.1, -0.05) is 38.6 Å². The van der Waals surface area contributed by atoms with Gasteiger partial charge in [0.2, 0.25) is 11.8 Å². The van der Waals surface area contributed by atoms with Crippen LogP contribution in [0.15, 0.2) is 30.8 Å². The molecule has 19 heavy (non-hydrogen) atoms. The van der Waals surface area contributed by atoms with E-state index in [4.69, 9.17) is 5.73 Å². The van der Waals surface area contributed by atoms with Crippen molar-refractivity contribution in [2.24, 2.45) is 5.73 Å². The number of amides is 2. The van der Waals surface area contributed by atoms with Crippen LogP contribution in [0.4, 0.5) is 5.69 Å². The Hall–Kier alpha value is -2.14. The van der Waals surface area contributed by atoms with Gasteiger partial charge in [0.25, 0.3) is 0 Å². The summed E-state index contributed by atoms with van der Waals surface area (Å²) in [4.78, 5) is 22.2. The van der Waals surface area contributed by atoms with Crippen molar-refractivity contribution in [1.82, 2.24) is 5.32 Å². The molecular formula is C14H25N3O2. The van der Waals surface area contributed by atoms with E-state index in [9.17, 15) is 9.59 Å². The molecule has 108 valence electrons. The lowest BCUT2D eigenvalue weighted by Gasteiger charge is -2.06. The molecule has 0 aromatic heterocycles. The summed E-state index contributed by atoms with van der Waals surface area (Å²) in [5.74, 6) is -0.652. The summed E-state index contributed by atoms with van der Waals surface area (Å²) in [7, 11) is 0. The van der Waals surface area contributed by atoms with Crippen LogP contribution in [-0.2, 0) is 9.59 Å². The average molecular weight is 267 g/mol. The molecule has 0 bridgehead atoms. The minimum absolute atomic E-state index is 0. The van der Waals surface area contributed by atoms with Crippen LogP contribution in [0.1, 0.15) is 22.3 Å². The van der Waals surface area contributed by atoms with Crippen molar-refractivity contribution in [3.63, 3.8) is 0 Å². The lowest BCUT2D eigenvalue weighted by atomic mass is 10.2. The SMILES string of the molecule is C=Cc1ccc(NC(=O)CNC(=O)CN)cc1.CC.[HH].[HH]. The van der Waals surface area contributed by atoms with Gasteiger partial charge in [-0.15, -0.1) is 0 Å². The Balaban J connectivity index is -0.000000774. The number of nitrogens with two attached hydrogens (primary N) is 1. The number of carbonyl (C=O) groups is 2. The predicted molar refractivity (Wildman–Crippen MR) is 82.8 cm³/mol. The number of nitrogens with one attached hydrogen (secondary N) is 2. The molecule has 4 N–H and O–H groups in total. The molecule has 0 heterocycles. The maximum atomic E-state index is 11.4. The minimum Gasteiger partial charge on any atom is -0.346 e. The third kappa shape index (κ3) is 7.00. The lowest BCUT2D eigenvalue weighted by Crippen LogP contribution is -2.36. The van der Waals surface area contributed by atoms with E-state index < -0.39 is 0 Å². The van der Waals surface area contributed by atoms with Gasteiger partial charge in [-0.3, -0.25) is 9.59 Å². The van der Waals surface area contributed by atoms with Gasteiger partial charge in [0.15, 0.2) is 0 Å². The number of carbonyl (C=O) groups excluding carboxylic acids is 2. The Morgan fingerprint density at radius 1 is 1.26 bits per heavy atom. The third-order valence-electron chi connectivity index (χ3n) is 2.06. The van der Waals surface area contributed by atoms with Gasteiger partial charge >= 0.3 is 0 Å². The molecule has 0 saturated carbocycles. The fourth-order valence-corrected chi connectivity index (χ4v) is 1.16. The highest BCUT2D eigenvalue weighted by Crippen LogP contribution is 2.09. The highest BCUT2D eigenvalue weighted by atomic mass is 16.2. The molecule has 1 rings (SSSR count). The predicted octanol–water partition coefficient (Wildman–Crippen LogP) is 1.86. The Morgan fingerprint density at radius 2 is 1.84 bits per heavy atom. The van der Waals surface area contributed by atoms with E-state index in [1.165, 1.54) is 0 Å². The maximum Gasteiger partial charge on any atom is 0.243 e. The summed E-state index contributed by atoms with van der Waals surface area (Å²) < 4.78 is 0. The molecule has 0 unspecified atom stereocenters. The summed E-state index contributed by atoms with van der Waals surface area (Å²) in [5.41, 5.74) is 6.73. The standard InChI is InChI=1S/C12H15N3O2.C2H6.2H2/c1-2-9-3-5-10(6-4-9)15-12(17)8-14-11(16)7-13;1-2;;/h2-6H,1,7-8,13H2,(H,14,16)(H,15,17);1-2H3;2*1H. The zero-order valence-electron chi connectivity index (χ0n) is 11.4. The highest BCUT2D eigenvalue weighted by molar-refractivity contribution is 5.94. The molecule has 0 radical (unpaired) electrons. The van der Waals surface area contributed by atoms with Crippen LogP contribution < -0.4 is 16.4 Å². The van der Waals surface area contributed by atoms with Crippen molar-refractivity contribution < 1.29 is 12.4 Å². The number of hydrogen-bond acceptors (Lipinski definition) is 3. The smallest absolute Gasteiger partial charge is 0.243 e. The summed E-state index contributed by atoms with van der Waals surface area (Å²) in [6.45, 7) is 7.43. The van der Waals surface area contributed by atoms with Crippen molar-refractivity contribution >= 4 is 23.6 Å². The second-order valence-corrected chi connectivity index (χ2v) is 3.36. The van der Waals surface area contributed by atoms with Crippen LogP contribution in [0.2, 0.25) is 0 Å². The molecule has 0 spiro atoms. The van der Waals surface area contributed by atoms with Gasteiger partial charge in [-0.25, -0.2) is 0 Å². The van der Waals surface area contributed by atoms with Gasteiger partial charge in [0.05, 0.1) is 13.1 Å². The number of benzene rings is 1. The summed E-state index contributed by atoms with van der Waals surface area (Å²) in [6, 6.07) is 7.20.